The van der Waals surface area contributed by atoms with Crippen LogP contribution in [0.15, 0.2) is 18.3 Å². The molecule has 5 heteroatoms. The number of carbonyl (C=O) groups is 1. The van der Waals surface area contributed by atoms with Crippen LogP contribution in [0.3, 0.4) is 0 Å². The zero-order chi connectivity index (χ0) is 14.0. The Hall–Kier alpha value is -2.30. The van der Waals surface area contributed by atoms with Crippen LogP contribution in [-0.2, 0) is 0 Å². The molecule has 2 aromatic rings. The lowest BCUT2D eigenvalue weighted by atomic mass is 9.99. The van der Waals surface area contributed by atoms with E-state index >= 15 is 0 Å². The first-order chi connectivity index (χ1) is 9.04. The highest BCUT2D eigenvalue weighted by molar-refractivity contribution is 5.95. The number of hydrogen-bond donors (Lipinski definition) is 2. The number of aromatic nitrogens is 2. The van der Waals surface area contributed by atoms with Gasteiger partial charge in [0, 0.05) is 5.56 Å². The number of aromatic carboxylic acids is 1. The van der Waals surface area contributed by atoms with Gasteiger partial charge in [-0.15, -0.1) is 0 Å². The maximum Gasteiger partial charge on any atom is 0.339 e. The zero-order valence-electron chi connectivity index (χ0n) is 11.2. The number of aromatic amines is 1. The lowest BCUT2D eigenvalue weighted by molar-refractivity contribution is 0.0698. The summed E-state index contributed by atoms with van der Waals surface area (Å²) in [6.07, 6.45) is 1.32. The Labute approximate surface area is 111 Å². The molecule has 0 aliphatic rings. The topological polar surface area (TPSA) is 75.2 Å². The first-order valence-electron chi connectivity index (χ1n) is 6.05. The van der Waals surface area contributed by atoms with E-state index in [-0.39, 0.29) is 5.56 Å². The van der Waals surface area contributed by atoms with Crippen LogP contribution in [0.4, 0.5) is 0 Å². The van der Waals surface area contributed by atoms with Crippen LogP contribution in [-0.4, -0.2) is 27.9 Å². The second-order valence-corrected chi connectivity index (χ2v) is 4.33. The van der Waals surface area contributed by atoms with Gasteiger partial charge < -0.3 is 9.84 Å². The van der Waals surface area contributed by atoms with E-state index in [2.05, 4.69) is 10.2 Å². The molecule has 0 saturated heterocycles. The van der Waals surface area contributed by atoms with Crippen LogP contribution in [0, 0.1) is 13.8 Å². The van der Waals surface area contributed by atoms with Crippen molar-refractivity contribution in [2.24, 2.45) is 0 Å². The van der Waals surface area contributed by atoms with Gasteiger partial charge in [0.2, 0.25) is 0 Å². The third-order valence-corrected chi connectivity index (χ3v) is 2.96. The number of carboxylic acids is 1. The number of ether oxygens (including phenoxy) is 1. The maximum atomic E-state index is 11.1. The Morgan fingerprint density at radius 2 is 2.11 bits per heavy atom. The molecule has 0 saturated carbocycles. The quantitative estimate of drug-likeness (QED) is 0.886. The van der Waals surface area contributed by atoms with Crippen molar-refractivity contribution in [1.29, 1.82) is 0 Å². The predicted octanol–water partition coefficient (Wildman–Crippen LogP) is 2.79. The number of rotatable bonds is 4. The van der Waals surface area contributed by atoms with Gasteiger partial charge in [-0.1, -0.05) is 0 Å². The fourth-order valence-electron chi connectivity index (χ4n) is 2.02. The third kappa shape index (κ3) is 2.45. The molecular weight excluding hydrogens is 244 g/mol. The molecule has 0 spiro atoms. The van der Waals surface area contributed by atoms with E-state index in [4.69, 9.17) is 9.84 Å². The van der Waals surface area contributed by atoms with Crippen molar-refractivity contribution >= 4 is 5.97 Å². The van der Waals surface area contributed by atoms with Crippen LogP contribution in [0.2, 0.25) is 0 Å². The number of nitrogens with one attached hydrogen (secondary N) is 1. The number of nitrogens with zero attached hydrogens (tertiary/aromatic N) is 1. The zero-order valence-corrected chi connectivity index (χ0v) is 11.2. The van der Waals surface area contributed by atoms with Crippen molar-refractivity contribution in [2.75, 3.05) is 6.61 Å². The van der Waals surface area contributed by atoms with Crippen LogP contribution < -0.4 is 4.74 Å². The van der Waals surface area contributed by atoms with Gasteiger partial charge in [-0.2, -0.15) is 5.10 Å². The smallest absolute Gasteiger partial charge is 0.339 e. The van der Waals surface area contributed by atoms with Gasteiger partial charge in [-0.05, 0) is 44.0 Å². The minimum Gasteiger partial charge on any atom is -0.494 e. The summed E-state index contributed by atoms with van der Waals surface area (Å²) in [4.78, 5) is 11.1. The number of benzene rings is 1. The summed E-state index contributed by atoms with van der Waals surface area (Å²) in [6, 6.07) is 3.83. The highest BCUT2D eigenvalue weighted by Crippen LogP contribution is 2.30. The van der Waals surface area contributed by atoms with Crippen molar-refractivity contribution in [1.82, 2.24) is 10.2 Å². The Balaban J connectivity index is 2.54. The Morgan fingerprint density at radius 3 is 2.74 bits per heavy atom. The monoisotopic (exact) mass is 260 g/mol. The van der Waals surface area contributed by atoms with Gasteiger partial charge >= 0.3 is 5.97 Å². The van der Waals surface area contributed by atoms with Crippen LogP contribution in [0.25, 0.3) is 11.3 Å². The molecule has 1 aromatic heterocycles. The second kappa shape index (κ2) is 5.14. The van der Waals surface area contributed by atoms with Crippen molar-refractivity contribution in [3.05, 3.63) is 35.0 Å². The normalized spacial score (nSPS) is 10.5. The molecule has 0 atom stereocenters. The molecule has 0 aliphatic heterocycles. The largest absolute Gasteiger partial charge is 0.494 e. The van der Waals surface area contributed by atoms with Gasteiger partial charge in [0.1, 0.15) is 11.3 Å². The number of H-pyrrole nitrogens is 1. The lowest BCUT2D eigenvalue weighted by Gasteiger charge is -2.12. The van der Waals surface area contributed by atoms with Crippen LogP contribution >= 0.6 is 0 Å². The first-order valence-corrected chi connectivity index (χ1v) is 6.05. The Bertz CT molecular complexity index is 617. The molecular formula is C14H16N2O3. The molecule has 0 bridgehead atoms. The minimum atomic E-state index is -0.991. The fourth-order valence-corrected chi connectivity index (χ4v) is 2.02. The summed E-state index contributed by atoms with van der Waals surface area (Å²) >= 11 is 0. The second-order valence-electron chi connectivity index (χ2n) is 4.33. The molecule has 0 amide bonds. The van der Waals surface area contributed by atoms with E-state index in [0.717, 1.165) is 22.4 Å². The van der Waals surface area contributed by atoms with Gasteiger partial charge in [-0.3, -0.25) is 5.10 Å². The van der Waals surface area contributed by atoms with E-state index in [1.54, 1.807) is 0 Å². The summed E-state index contributed by atoms with van der Waals surface area (Å²) < 4.78 is 5.53. The lowest BCUT2D eigenvalue weighted by Crippen LogP contribution is -2.00. The third-order valence-electron chi connectivity index (χ3n) is 2.96. The first kappa shape index (κ1) is 13.1. The maximum absolute atomic E-state index is 11.1. The molecule has 1 aromatic carbocycles. The average molecular weight is 260 g/mol. The predicted molar refractivity (Wildman–Crippen MR) is 71.6 cm³/mol. The molecule has 100 valence electrons. The molecule has 5 nitrogen and oxygen atoms in total. The number of aryl methyl sites for hydroxylation is 2. The van der Waals surface area contributed by atoms with E-state index in [1.807, 2.05) is 32.9 Å². The Morgan fingerprint density at radius 1 is 1.37 bits per heavy atom. The van der Waals surface area contributed by atoms with E-state index in [9.17, 15) is 4.79 Å². The van der Waals surface area contributed by atoms with Gasteiger partial charge in [0.05, 0.1) is 18.5 Å². The van der Waals surface area contributed by atoms with Crippen LogP contribution in [0.5, 0.6) is 5.75 Å². The molecule has 0 fully saturated rings. The number of carboxylic acid groups (broad SMARTS) is 1. The summed E-state index contributed by atoms with van der Waals surface area (Å²) in [7, 11) is 0. The number of hydrogen-bond acceptors (Lipinski definition) is 3. The Kier molecular flexibility index (Phi) is 3.55. The molecule has 0 aliphatic carbocycles. The van der Waals surface area contributed by atoms with Crippen molar-refractivity contribution < 1.29 is 14.6 Å². The molecule has 1 heterocycles. The summed E-state index contributed by atoms with van der Waals surface area (Å²) in [5, 5.41) is 15.7. The van der Waals surface area contributed by atoms with E-state index in [0.29, 0.717) is 12.3 Å². The van der Waals surface area contributed by atoms with E-state index < -0.39 is 5.97 Å². The molecule has 2 N–H and O–H groups in total. The molecule has 0 radical (unpaired) electrons. The minimum absolute atomic E-state index is 0.173. The van der Waals surface area contributed by atoms with Gasteiger partial charge in [-0.25, -0.2) is 4.79 Å². The fraction of sp³-hybridized carbons (Fsp3) is 0.286. The molecule has 2 rings (SSSR count). The molecule has 19 heavy (non-hydrogen) atoms. The SMILES string of the molecule is CCOc1cc(C)c(-c2[nH]ncc2C(=O)O)cc1C. The standard InChI is InChI=1S/C14H16N2O3/c1-4-19-12-6-8(2)10(5-9(12)3)13-11(14(17)18)7-15-16-13/h5-7H,4H2,1-3H3,(H,15,16)(H,17,18). The summed E-state index contributed by atoms with van der Waals surface area (Å²) in [6.45, 7) is 6.39. The van der Waals surface area contributed by atoms with Crippen molar-refractivity contribution in [3.63, 3.8) is 0 Å². The summed E-state index contributed by atoms with van der Waals surface area (Å²) in [5.74, 6) is -0.171. The molecule has 0 unspecified atom stereocenters. The van der Waals surface area contributed by atoms with Gasteiger partial charge in [0.15, 0.2) is 0 Å². The highest BCUT2D eigenvalue weighted by Gasteiger charge is 2.17. The van der Waals surface area contributed by atoms with E-state index in [1.165, 1.54) is 6.20 Å². The van der Waals surface area contributed by atoms with Crippen molar-refractivity contribution in [2.45, 2.75) is 20.8 Å². The highest BCUT2D eigenvalue weighted by atomic mass is 16.5. The van der Waals surface area contributed by atoms with Crippen molar-refractivity contribution in [3.8, 4) is 17.0 Å². The summed E-state index contributed by atoms with van der Waals surface area (Å²) in [5.41, 5.74) is 3.44. The van der Waals surface area contributed by atoms with Gasteiger partial charge in [0.25, 0.3) is 0 Å². The van der Waals surface area contributed by atoms with Crippen LogP contribution in [0.1, 0.15) is 28.4 Å². The average Bonchev–Trinajstić information content (AvgIpc) is 2.82.